The minimum atomic E-state index is -3.79. The SMILES string of the molecule is Nc1cccnc1Oc1cc([C@H]2CC(=O)N(c3ccc(S(N)(=O)=O)cc3)C2)ccc1Cl. The van der Waals surface area contributed by atoms with Crippen LogP contribution in [-0.2, 0) is 14.8 Å². The van der Waals surface area contributed by atoms with Gasteiger partial charge in [0.15, 0.2) is 0 Å². The Morgan fingerprint density at radius 1 is 1.13 bits per heavy atom. The fourth-order valence-electron chi connectivity index (χ4n) is 3.44. The first kappa shape index (κ1) is 21.1. The van der Waals surface area contributed by atoms with Crippen LogP contribution in [-0.4, -0.2) is 25.9 Å². The van der Waals surface area contributed by atoms with E-state index in [0.29, 0.717) is 35.1 Å². The molecule has 160 valence electrons. The van der Waals surface area contributed by atoms with Crippen molar-refractivity contribution in [3.8, 4) is 11.6 Å². The van der Waals surface area contributed by atoms with Gasteiger partial charge in [0.25, 0.3) is 0 Å². The lowest BCUT2D eigenvalue weighted by atomic mass is 9.98. The van der Waals surface area contributed by atoms with Gasteiger partial charge in [0.2, 0.25) is 21.8 Å². The molecule has 1 aliphatic rings. The summed E-state index contributed by atoms with van der Waals surface area (Å²) in [4.78, 5) is 18.3. The van der Waals surface area contributed by atoms with E-state index in [9.17, 15) is 13.2 Å². The van der Waals surface area contributed by atoms with Crippen molar-refractivity contribution in [2.24, 2.45) is 5.14 Å². The van der Waals surface area contributed by atoms with Crippen molar-refractivity contribution < 1.29 is 17.9 Å². The topological polar surface area (TPSA) is 129 Å². The molecule has 31 heavy (non-hydrogen) atoms. The molecule has 0 radical (unpaired) electrons. The van der Waals surface area contributed by atoms with Gasteiger partial charge in [0, 0.05) is 30.8 Å². The molecule has 1 saturated heterocycles. The number of carbonyl (C=O) groups is 1. The highest BCUT2D eigenvalue weighted by Gasteiger charge is 2.32. The van der Waals surface area contributed by atoms with E-state index in [1.807, 2.05) is 6.07 Å². The molecule has 0 aliphatic carbocycles. The fraction of sp³-hybridized carbons (Fsp3) is 0.143. The van der Waals surface area contributed by atoms with Gasteiger partial charge in [0.05, 0.1) is 15.6 Å². The molecule has 0 unspecified atom stereocenters. The Morgan fingerprint density at radius 2 is 1.87 bits per heavy atom. The monoisotopic (exact) mass is 458 g/mol. The highest BCUT2D eigenvalue weighted by molar-refractivity contribution is 7.89. The summed E-state index contributed by atoms with van der Waals surface area (Å²) in [5.74, 6) is 0.486. The number of carbonyl (C=O) groups excluding carboxylic acids is 1. The minimum absolute atomic E-state index is 0.00673. The maximum Gasteiger partial charge on any atom is 0.242 e. The summed E-state index contributed by atoms with van der Waals surface area (Å²) < 4.78 is 28.7. The summed E-state index contributed by atoms with van der Waals surface area (Å²) in [7, 11) is -3.79. The molecule has 1 aliphatic heterocycles. The first-order valence-electron chi connectivity index (χ1n) is 9.33. The fourth-order valence-corrected chi connectivity index (χ4v) is 4.11. The van der Waals surface area contributed by atoms with Crippen molar-refractivity contribution >= 4 is 38.9 Å². The largest absolute Gasteiger partial charge is 0.435 e. The number of nitrogen functional groups attached to an aromatic ring is 1. The summed E-state index contributed by atoms with van der Waals surface area (Å²) >= 11 is 6.28. The normalized spacial score (nSPS) is 16.5. The molecule has 1 atom stereocenters. The quantitative estimate of drug-likeness (QED) is 0.603. The number of aromatic nitrogens is 1. The summed E-state index contributed by atoms with van der Waals surface area (Å²) in [5, 5.41) is 5.53. The van der Waals surface area contributed by atoms with Crippen molar-refractivity contribution in [2.75, 3.05) is 17.2 Å². The molecular formula is C21H19ClN4O4S. The predicted octanol–water partition coefficient (Wildman–Crippen LogP) is 3.28. The van der Waals surface area contributed by atoms with Gasteiger partial charge in [-0.3, -0.25) is 4.79 Å². The average Bonchev–Trinajstić information content (AvgIpc) is 3.12. The number of nitrogens with zero attached hydrogens (tertiary/aromatic N) is 2. The van der Waals surface area contributed by atoms with E-state index < -0.39 is 10.0 Å². The van der Waals surface area contributed by atoms with Crippen LogP contribution in [0, 0.1) is 0 Å². The van der Waals surface area contributed by atoms with Crippen LogP contribution in [0.25, 0.3) is 0 Å². The highest BCUT2D eigenvalue weighted by atomic mass is 35.5. The van der Waals surface area contributed by atoms with Crippen molar-refractivity contribution in [3.63, 3.8) is 0 Å². The molecule has 2 heterocycles. The van der Waals surface area contributed by atoms with E-state index in [4.69, 9.17) is 27.2 Å². The predicted molar refractivity (Wildman–Crippen MR) is 118 cm³/mol. The highest BCUT2D eigenvalue weighted by Crippen LogP contribution is 2.37. The maximum atomic E-state index is 12.6. The van der Waals surface area contributed by atoms with E-state index in [-0.39, 0.29) is 22.6 Å². The number of amides is 1. The number of pyridine rings is 1. The summed E-state index contributed by atoms with van der Waals surface area (Å²) in [6, 6.07) is 14.6. The second-order valence-corrected chi connectivity index (χ2v) is 9.10. The lowest BCUT2D eigenvalue weighted by molar-refractivity contribution is -0.117. The van der Waals surface area contributed by atoms with Crippen LogP contribution >= 0.6 is 11.6 Å². The number of halogens is 1. The molecule has 0 bridgehead atoms. The number of anilines is 2. The molecule has 8 nitrogen and oxygen atoms in total. The van der Waals surface area contributed by atoms with E-state index >= 15 is 0 Å². The lowest BCUT2D eigenvalue weighted by Crippen LogP contribution is -2.24. The van der Waals surface area contributed by atoms with Crippen LogP contribution in [0.2, 0.25) is 5.02 Å². The third-order valence-corrected chi connectivity index (χ3v) is 6.28. The Kier molecular flexibility index (Phi) is 5.57. The second kappa shape index (κ2) is 8.18. The standard InChI is InChI=1S/C21H19ClN4O4S/c22-17-8-3-13(10-19(17)30-21-18(23)2-1-9-25-21)14-11-20(27)26(12-14)15-4-6-16(7-5-15)31(24,28)29/h1-10,14H,11-12,23H2,(H2,24,28,29)/t14-/m0/s1. The second-order valence-electron chi connectivity index (χ2n) is 7.13. The molecule has 1 aromatic heterocycles. The zero-order chi connectivity index (χ0) is 22.2. The van der Waals surface area contributed by atoms with Gasteiger partial charge in [-0.1, -0.05) is 17.7 Å². The third kappa shape index (κ3) is 4.48. The summed E-state index contributed by atoms with van der Waals surface area (Å²) in [5.41, 5.74) is 7.76. The van der Waals surface area contributed by atoms with Gasteiger partial charge in [-0.25, -0.2) is 18.5 Å². The van der Waals surface area contributed by atoms with Gasteiger partial charge in [-0.05, 0) is 54.1 Å². The smallest absolute Gasteiger partial charge is 0.242 e. The van der Waals surface area contributed by atoms with Gasteiger partial charge in [-0.2, -0.15) is 0 Å². The molecule has 0 saturated carbocycles. The zero-order valence-corrected chi connectivity index (χ0v) is 17.8. The minimum Gasteiger partial charge on any atom is -0.435 e. The molecule has 4 rings (SSSR count). The molecule has 3 aromatic rings. The van der Waals surface area contributed by atoms with Crippen LogP contribution in [0.4, 0.5) is 11.4 Å². The van der Waals surface area contributed by atoms with Gasteiger partial charge >= 0.3 is 0 Å². The first-order valence-corrected chi connectivity index (χ1v) is 11.3. The van der Waals surface area contributed by atoms with Crippen LogP contribution in [0.15, 0.2) is 65.7 Å². The van der Waals surface area contributed by atoms with E-state index in [1.165, 1.54) is 12.1 Å². The number of sulfonamides is 1. The molecule has 2 aromatic carbocycles. The molecule has 0 spiro atoms. The number of hydrogen-bond donors (Lipinski definition) is 2. The van der Waals surface area contributed by atoms with Gasteiger partial charge in [-0.15, -0.1) is 0 Å². The molecule has 10 heteroatoms. The summed E-state index contributed by atoms with van der Waals surface area (Å²) in [6.45, 7) is 0.431. The van der Waals surface area contributed by atoms with E-state index in [0.717, 1.165) is 5.56 Å². The molecule has 1 fully saturated rings. The average molecular weight is 459 g/mol. The third-order valence-electron chi connectivity index (χ3n) is 5.04. The Hall–Kier alpha value is -3.14. The maximum absolute atomic E-state index is 12.6. The Balaban J connectivity index is 1.56. The number of nitrogens with two attached hydrogens (primary N) is 2. The Labute approximate surface area is 184 Å². The van der Waals surface area contributed by atoms with Crippen molar-refractivity contribution in [1.29, 1.82) is 0 Å². The van der Waals surface area contributed by atoms with Crippen LogP contribution in [0.1, 0.15) is 17.9 Å². The Morgan fingerprint density at radius 3 is 2.55 bits per heavy atom. The molecule has 1 amide bonds. The Bertz CT molecular complexity index is 1250. The lowest BCUT2D eigenvalue weighted by Gasteiger charge is -2.18. The first-order chi connectivity index (χ1) is 14.7. The van der Waals surface area contributed by atoms with Crippen molar-refractivity contribution in [1.82, 2.24) is 4.98 Å². The van der Waals surface area contributed by atoms with Gasteiger partial charge < -0.3 is 15.4 Å². The molecular weight excluding hydrogens is 440 g/mol. The number of primary sulfonamides is 1. The number of rotatable bonds is 5. The van der Waals surface area contributed by atoms with Crippen LogP contribution < -0.4 is 20.5 Å². The van der Waals surface area contributed by atoms with Crippen molar-refractivity contribution in [3.05, 3.63) is 71.4 Å². The number of ether oxygens (including phenoxy) is 1. The van der Waals surface area contributed by atoms with Gasteiger partial charge in [0.1, 0.15) is 5.75 Å². The van der Waals surface area contributed by atoms with Crippen LogP contribution in [0.5, 0.6) is 11.6 Å². The van der Waals surface area contributed by atoms with E-state index in [1.54, 1.807) is 47.5 Å². The number of hydrogen-bond acceptors (Lipinski definition) is 6. The summed E-state index contributed by atoms with van der Waals surface area (Å²) in [6.07, 6.45) is 1.86. The van der Waals surface area contributed by atoms with Crippen LogP contribution in [0.3, 0.4) is 0 Å². The zero-order valence-electron chi connectivity index (χ0n) is 16.2. The number of benzene rings is 2. The van der Waals surface area contributed by atoms with E-state index in [2.05, 4.69) is 4.98 Å². The molecule has 4 N–H and O–H groups in total. The van der Waals surface area contributed by atoms with Crippen molar-refractivity contribution in [2.45, 2.75) is 17.2 Å².